The molecule has 1 rings (SSSR count). The number of esters is 1. The zero-order valence-electron chi connectivity index (χ0n) is 19.9. The van der Waals surface area contributed by atoms with Crippen LogP contribution in [0.15, 0.2) is 18.2 Å². The summed E-state index contributed by atoms with van der Waals surface area (Å²) in [5, 5.41) is 2.45. The molecule has 0 aliphatic heterocycles. The Hall–Kier alpha value is -3.23. The van der Waals surface area contributed by atoms with E-state index in [0.29, 0.717) is 12.6 Å². The van der Waals surface area contributed by atoms with Gasteiger partial charge in [-0.2, -0.15) is 0 Å². The highest BCUT2D eigenvalue weighted by Crippen LogP contribution is 2.23. The molecule has 9 heteroatoms. The number of hydrogen-bond donors (Lipinski definition) is 1. The second kappa shape index (κ2) is 14.0. The molecule has 2 amide bonds. The van der Waals surface area contributed by atoms with Crippen LogP contribution in [0.5, 0.6) is 5.75 Å². The zero-order chi connectivity index (χ0) is 24.9. The van der Waals surface area contributed by atoms with Gasteiger partial charge in [0, 0.05) is 20.5 Å². The lowest BCUT2D eigenvalue weighted by molar-refractivity contribution is -0.157. The number of hydrogen-bond acceptors (Lipinski definition) is 7. The Kier molecular flexibility index (Phi) is 12.5. The Morgan fingerprint density at radius 3 is 2.28 bits per heavy atom. The van der Waals surface area contributed by atoms with Crippen molar-refractivity contribution in [1.82, 2.24) is 10.2 Å². The number of nitrogens with zero attached hydrogens (tertiary/aromatic N) is 1. The fourth-order valence-corrected chi connectivity index (χ4v) is 2.58. The summed E-state index contributed by atoms with van der Waals surface area (Å²) in [4.78, 5) is 60.4. The summed E-state index contributed by atoms with van der Waals surface area (Å²) in [6.07, 6.45) is 1.23. The summed E-state index contributed by atoms with van der Waals surface area (Å²) in [5.74, 6) is -1.42. The summed E-state index contributed by atoms with van der Waals surface area (Å²) < 4.78 is 10.5. The highest BCUT2D eigenvalue weighted by atomic mass is 16.6. The van der Waals surface area contributed by atoms with Crippen molar-refractivity contribution in [3.8, 4) is 5.75 Å². The topological polar surface area (TPSA) is 119 Å². The third kappa shape index (κ3) is 9.28. The van der Waals surface area contributed by atoms with Gasteiger partial charge in [-0.25, -0.2) is 4.79 Å². The van der Waals surface area contributed by atoms with E-state index in [9.17, 15) is 24.0 Å². The molecule has 0 fully saturated rings. The monoisotopic (exact) mass is 450 g/mol. The van der Waals surface area contributed by atoms with Crippen molar-refractivity contribution in [1.29, 1.82) is 0 Å². The van der Waals surface area contributed by atoms with Crippen LogP contribution in [0.4, 0.5) is 0 Å². The molecule has 178 valence electrons. The van der Waals surface area contributed by atoms with Crippen molar-refractivity contribution in [3.05, 3.63) is 29.3 Å². The normalized spacial score (nSPS) is 11.2. The van der Waals surface area contributed by atoms with Gasteiger partial charge in [0.25, 0.3) is 5.91 Å². The maximum atomic E-state index is 12.9. The number of amides is 2. The van der Waals surface area contributed by atoms with Crippen LogP contribution in [0, 0.1) is 0 Å². The van der Waals surface area contributed by atoms with Crippen molar-refractivity contribution in [2.45, 2.75) is 59.1 Å². The van der Waals surface area contributed by atoms with E-state index in [1.807, 2.05) is 13.8 Å². The number of aldehydes is 2. The minimum Gasteiger partial charge on any atom is -0.481 e. The molecule has 0 saturated heterocycles. The quantitative estimate of drug-likeness (QED) is 0.429. The molecular formula is C23H34N2O7. The summed E-state index contributed by atoms with van der Waals surface area (Å²) in [7, 11) is 2.89. The first-order valence-electron chi connectivity index (χ1n) is 10.4. The van der Waals surface area contributed by atoms with E-state index in [-0.39, 0.29) is 35.6 Å². The smallest absolute Gasteiger partial charge is 0.344 e. The van der Waals surface area contributed by atoms with Crippen LogP contribution in [0.1, 0.15) is 68.2 Å². The summed E-state index contributed by atoms with van der Waals surface area (Å²) >= 11 is 0. The van der Waals surface area contributed by atoms with Crippen LogP contribution in [0.25, 0.3) is 0 Å². The zero-order valence-corrected chi connectivity index (χ0v) is 19.9. The van der Waals surface area contributed by atoms with Gasteiger partial charge in [-0.1, -0.05) is 19.9 Å². The van der Waals surface area contributed by atoms with Crippen molar-refractivity contribution < 1.29 is 33.4 Å². The van der Waals surface area contributed by atoms with Crippen LogP contribution in [0.2, 0.25) is 0 Å². The molecule has 0 bridgehead atoms. The number of carbonyl (C=O) groups excluding carboxylic acids is 5. The van der Waals surface area contributed by atoms with E-state index >= 15 is 0 Å². The highest BCUT2D eigenvalue weighted by molar-refractivity contribution is 6.03. The predicted octanol–water partition coefficient (Wildman–Crippen LogP) is 2.41. The molecule has 0 spiro atoms. The fourth-order valence-electron chi connectivity index (χ4n) is 2.58. The number of rotatable bonds is 10. The van der Waals surface area contributed by atoms with Crippen LogP contribution >= 0.6 is 0 Å². The molecule has 1 unspecified atom stereocenters. The van der Waals surface area contributed by atoms with Crippen LogP contribution in [-0.4, -0.2) is 67.6 Å². The minimum absolute atomic E-state index is 0.0148. The molecular weight excluding hydrogens is 416 g/mol. The van der Waals surface area contributed by atoms with Gasteiger partial charge in [0.1, 0.15) is 17.6 Å². The molecule has 0 aliphatic carbocycles. The predicted molar refractivity (Wildman–Crippen MR) is 120 cm³/mol. The van der Waals surface area contributed by atoms with E-state index < -0.39 is 30.1 Å². The average molecular weight is 451 g/mol. The minimum atomic E-state index is -0.847. The van der Waals surface area contributed by atoms with Crippen molar-refractivity contribution in [3.63, 3.8) is 0 Å². The Morgan fingerprint density at radius 1 is 1.16 bits per heavy atom. The van der Waals surface area contributed by atoms with Gasteiger partial charge in [0.15, 0.2) is 12.9 Å². The Bertz CT molecular complexity index is 800. The molecule has 0 radical (unpaired) electrons. The second-order valence-electron chi connectivity index (χ2n) is 7.54. The average Bonchev–Trinajstić information content (AvgIpc) is 2.76. The molecule has 0 heterocycles. The van der Waals surface area contributed by atoms with E-state index in [1.54, 1.807) is 20.8 Å². The number of ether oxygens (including phenoxy) is 2. The number of benzene rings is 1. The first kappa shape index (κ1) is 28.8. The van der Waals surface area contributed by atoms with Gasteiger partial charge in [-0.15, -0.1) is 0 Å². The second-order valence-corrected chi connectivity index (χ2v) is 7.54. The third-order valence-electron chi connectivity index (χ3n) is 4.10. The SMILES string of the molecule is CC.CNC(=O)CCC(C=O)N(C)C(=O)c1cccc(OCC(=O)OC(C)(C)C)c1C=O. The van der Waals surface area contributed by atoms with Crippen LogP contribution in [0.3, 0.4) is 0 Å². The van der Waals surface area contributed by atoms with Crippen LogP contribution in [-0.2, 0) is 19.1 Å². The Balaban J connectivity index is 0.00000466. The maximum Gasteiger partial charge on any atom is 0.344 e. The van der Waals surface area contributed by atoms with Gasteiger partial charge in [0.05, 0.1) is 17.2 Å². The molecule has 1 N–H and O–H groups in total. The van der Waals surface area contributed by atoms with E-state index in [0.717, 1.165) is 4.90 Å². The molecule has 0 aromatic heterocycles. The van der Waals surface area contributed by atoms with Crippen molar-refractivity contribution >= 4 is 30.4 Å². The lowest BCUT2D eigenvalue weighted by Gasteiger charge is -2.24. The number of carbonyl (C=O) groups is 5. The Morgan fingerprint density at radius 2 is 1.78 bits per heavy atom. The molecule has 1 aromatic carbocycles. The summed E-state index contributed by atoms with van der Waals surface area (Å²) in [6.45, 7) is 8.70. The van der Waals surface area contributed by atoms with Gasteiger partial charge >= 0.3 is 5.97 Å². The highest BCUT2D eigenvalue weighted by Gasteiger charge is 2.25. The summed E-state index contributed by atoms with van der Waals surface area (Å²) in [6, 6.07) is 3.52. The van der Waals surface area contributed by atoms with Gasteiger partial charge in [0.2, 0.25) is 5.91 Å². The molecule has 1 atom stereocenters. The van der Waals surface area contributed by atoms with Gasteiger partial charge in [-0.05, 0) is 39.3 Å². The largest absolute Gasteiger partial charge is 0.481 e. The molecule has 9 nitrogen and oxygen atoms in total. The number of likely N-dealkylation sites (N-methyl/N-ethyl adjacent to an activating group) is 1. The maximum absolute atomic E-state index is 12.9. The molecule has 1 aromatic rings. The first-order valence-corrected chi connectivity index (χ1v) is 10.4. The van der Waals surface area contributed by atoms with E-state index in [4.69, 9.17) is 9.47 Å². The summed E-state index contributed by atoms with van der Waals surface area (Å²) in [5.41, 5.74) is -0.720. The number of nitrogens with one attached hydrogen (secondary N) is 1. The lowest BCUT2D eigenvalue weighted by Crippen LogP contribution is -2.39. The van der Waals surface area contributed by atoms with E-state index in [1.165, 1.54) is 32.3 Å². The molecule has 0 aliphatic rings. The Labute approximate surface area is 189 Å². The fraction of sp³-hybridized carbons (Fsp3) is 0.522. The van der Waals surface area contributed by atoms with Crippen LogP contribution < -0.4 is 10.1 Å². The van der Waals surface area contributed by atoms with E-state index in [2.05, 4.69) is 5.32 Å². The van der Waals surface area contributed by atoms with Crippen molar-refractivity contribution in [2.24, 2.45) is 0 Å². The molecule has 0 saturated carbocycles. The first-order chi connectivity index (χ1) is 15.0. The standard InChI is InChI=1S/C21H28N2O7.C2H6/c1-21(2,3)30-19(27)13-29-17-8-6-7-15(16(17)12-25)20(28)23(5)14(11-24)9-10-18(26)22-4;1-2/h6-8,11-12,14H,9-10,13H2,1-5H3,(H,22,26);1-2H3. The van der Waals surface area contributed by atoms with Crippen molar-refractivity contribution in [2.75, 3.05) is 20.7 Å². The van der Waals surface area contributed by atoms with Gasteiger partial charge in [-0.3, -0.25) is 14.4 Å². The van der Waals surface area contributed by atoms with Gasteiger partial charge < -0.3 is 24.5 Å². The lowest BCUT2D eigenvalue weighted by atomic mass is 10.0. The third-order valence-corrected chi connectivity index (χ3v) is 4.10. The molecule has 32 heavy (non-hydrogen) atoms.